The molecule has 2 heteroatoms. The molecule has 2 rings (SSSR count). The predicted octanol–water partition coefficient (Wildman–Crippen LogP) is 1.18. The summed E-state index contributed by atoms with van der Waals surface area (Å²) in [7, 11) is 0. The Morgan fingerprint density at radius 2 is 2.18 bits per heavy atom. The Morgan fingerprint density at radius 1 is 1.55 bits per heavy atom. The van der Waals surface area contributed by atoms with E-state index in [0.29, 0.717) is 10.8 Å². The van der Waals surface area contributed by atoms with Gasteiger partial charge in [-0.3, -0.25) is 0 Å². The van der Waals surface area contributed by atoms with Crippen LogP contribution < -0.4 is 0 Å². The third-order valence-electron chi connectivity index (χ3n) is 3.51. The Morgan fingerprint density at radius 3 is 2.45 bits per heavy atom. The summed E-state index contributed by atoms with van der Waals surface area (Å²) < 4.78 is 5.47. The van der Waals surface area contributed by atoms with Crippen LogP contribution in [0.2, 0.25) is 0 Å². The number of hydrogen-bond donors (Lipinski definition) is 1. The third kappa shape index (κ3) is 0.926. The molecule has 1 spiro atoms. The van der Waals surface area contributed by atoms with Crippen molar-refractivity contribution in [2.75, 3.05) is 13.2 Å². The molecular formula is C9H16O2. The zero-order valence-electron chi connectivity index (χ0n) is 7.26. The topological polar surface area (TPSA) is 29.5 Å². The van der Waals surface area contributed by atoms with Crippen LogP contribution in [0.1, 0.15) is 26.7 Å². The Bertz CT molecular complexity index is 176. The van der Waals surface area contributed by atoms with Gasteiger partial charge in [-0.2, -0.15) is 0 Å². The van der Waals surface area contributed by atoms with Gasteiger partial charge in [-0.15, -0.1) is 0 Å². The van der Waals surface area contributed by atoms with Gasteiger partial charge in [0.15, 0.2) is 0 Å². The fourth-order valence-electron chi connectivity index (χ4n) is 2.34. The SMILES string of the molecule is CC1(C)CC12COC(CO)C2. The second-order valence-corrected chi connectivity index (χ2v) is 4.66. The van der Waals surface area contributed by atoms with Gasteiger partial charge in [-0.25, -0.2) is 0 Å². The van der Waals surface area contributed by atoms with Crippen LogP contribution in [0.3, 0.4) is 0 Å². The van der Waals surface area contributed by atoms with Gasteiger partial charge >= 0.3 is 0 Å². The van der Waals surface area contributed by atoms with E-state index >= 15 is 0 Å². The monoisotopic (exact) mass is 156 g/mol. The highest BCUT2D eigenvalue weighted by Crippen LogP contribution is 2.68. The normalized spacial score (nSPS) is 46.6. The van der Waals surface area contributed by atoms with E-state index in [4.69, 9.17) is 9.84 Å². The molecule has 2 nitrogen and oxygen atoms in total. The molecule has 1 aliphatic heterocycles. The average Bonchev–Trinajstić information content (AvgIpc) is 2.35. The predicted molar refractivity (Wildman–Crippen MR) is 42.3 cm³/mol. The Kier molecular flexibility index (Phi) is 1.37. The van der Waals surface area contributed by atoms with Crippen molar-refractivity contribution >= 4 is 0 Å². The maximum Gasteiger partial charge on any atom is 0.0812 e. The number of aliphatic hydroxyl groups excluding tert-OH is 1. The zero-order chi connectivity index (χ0) is 8.11. The van der Waals surface area contributed by atoms with Crippen molar-refractivity contribution in [2.24, 2.45) is 10.8 Å². The Balaban J connectivity index is 2.01. The van der Waals surface area contributed by atoms with Crippen molar-refractivity contribution in [3.8, 4) is 0 Å². The molecule has 0 aromatic heterocycles. The smallest absolute Gasteiger partial charge is 0.0812 e. The Labute approximate surface area is 67.6 Å². The van der Waals surface area contributed by atoms with Crippen LogP contribution in [0.5, 0.6) is 0 Å². The molecule has 1 saturated carbocycles. The van der Waals surface area contributed by atoms with Crippen molar-refractivity contribution in [1.82, 2.24) is 0 Å². The lowest BCUT2D eigenvalue weighted by atomic mass is 9.93. The summed E-state index contributed by atoms with van der Waals surface area (Å²) in [5.41, 5.74) is 0.900. The van der Waals surface area contributed by atoms with Gasteiger partial charge in [0.2, 0.25) is 0 Å². The minimum absolute atomic E-state index is 0.122. The first-order chi connectivity index (χ1) is 5.10. The summed E-state index contributed by atoms with van der Waals surface area (Å²) in [6.07, 6.45) is 2.46. The highest BCUT2D eigenvalue weighted by molar-refractivity contribution is 5.12. The minimum atomic E-state index is 0.122. The molecule has 2 unspecified atom stereocenters. The standard InChI is InChI=1S/C9H16O2/c1-8(2)5-9(8)3-7(4-10)11-6-9/h7,10H,3-6H2,1-2H3. The van der Waals surface area contributed by atoms with Crippen molar-refractivity contribution in [2.45, 2.75) is 32.8 Å². The Hall–Kier alpha value is -0.0800. The van der Waals surface area contributed by atoms with Gasteiger partial charge in [0.25, 0.3) is 0 Å². The minimum Gasteiger partial charge on any atom is -0.394 e. The number of ether oxygens (including phenoxy) is 1. The molecule has 1 aliphatic carbocycles. The molecule has 0 aromatic carbocycles. The van der Waals surface area contributed by atoms with E-state index in [1.165, 1.54) is 6.42 Å². The van der Waals surface area contributed by atoms with Crippen LogP contribution >= 0.6 is 0 Å². The van der Waals surface area contributed by atoms with Crippen molar-refractivity contribution in [1.29, 1.82) is 0 Å². The molecule has 0 bridgehead atoms. The van der Waals surface area contributed by atoms with Crippen LogP contribution in [0, 0.1) is 10.8 Å². The van der Waals surface area contributed by atoms with Gasteiger partial charge in [0, 0.05) is 5.41 Å². The fraction of sp³-hybridized carbons (Fsp3) is 1.00. The molecule has 0 amide bonds. The quantitative estimate of drug-likeness (QED) is 0.618. The van der Waals surface area contributed by atoms with Gasteiger partial charge in [-0.1, -0.05) is 13.8 Å². The van der Waals surface area contributed by atoms with Crippen molar-refractivity contribution in [3.63, 3.8) is 0 Å². The summed E-state index contributed by atoms with van der Waals surface area (Å²) >= 11 is 0. The second kappa shape index (κ2) is 1.99. The van der Waals surface area contributed by atoms with E-state index in [-0.39, 0.29) is 12.7 Å². The van der Waals surface area contributed by atoms with Crippen LogP contribution in [0.4, 0.5) is 0 Å². The van der Waals surface area contributed by atoms with Gasteiger partial charge in [-0.05, 0) is 18.3 Å². The molecule has 2 aliphatic rings. The summed E-state index contributed by atoms with van der Waals surface area (Å²) in [4.78, 5) is 0. The van der Waals surface area contributed by atoms with Gasteiger partial charge < -0.3 is 9.84 Å². The van der Waals surface area contributed by atoms with Crippen molar-refractivity contribution < 1.29 is 9.84 Å². The molecule has 0 radical (unpaired) electrons. The molecule has 0 aromatic rings. The lowest BCUT2D eigenvalue weighted by molar-refractivity contribution is 0.0557. The molecule has 2 atom stereocenters. The lowest BCUT2D eigenvalue weighted by Gasteiger charge is -2.09. The zero-order valence-corrected chi connectivity index (χ0v) is 7.26. The molecular weight excluding hydrogens is 140 g/mol. The van der Waals surface area contributed by atoms with E-state index in [1.807, 2.05) is 0 Å². The number of rotatable bonds is 1. The maximum absolute atomic E-state index is 8.87. The number of aliphatic hydroxyl groups is 1. The largest absolute Gasteiger partial charge is 0.394 e. The van der Waals surface area contributed by atoms with Gasteiger partial charge in [0.05, 0.1) is 19.3 Å². The summed E-state index contributed by atoms with van der Waals surface area (Å²) in [5, 5.41) is 8.87. The molecule has 1 heterocycles. The van der Waals surface area contributed by atoms with Crippen LogP contribution in [-0.2, 0) is 4.74 Å². The van der Waals surface area contributed by atoms with E-state index in [0.717, 1.165) is 13.0 Å². The number of hydrogen-bond acceptors (Lipinski definition) is 2. The summed E-state index contributed by atoms with van der Waals surface area (Å²) in [6.45, 7) is 5.63. The highest BCUT2D eigenvalue weighted by Gasteiger charge is 2.64. The summed E-state index contributed by atoms with van der Waals surface area (Å²) in [5.74, 6) is 0. The van der Waals surface area contributed by atoms with Crippen LogP contribution in [-0.4, -0.2) is 24.4 Å². The molecule has 1 N–H and O–H groups in total. The van der Waals surface area contributed by atoms with Crippen LogP contribution in [0.25, 0.3) is 0 Å². The third-order valence-corrected chi connectivity index (χ3v) is 3.51. The van der Waals surface area contributed by atoms with Crippen LogP contribution in [0.15, 0.2) is 0 Å². The second-order valence-electron chi connectivity index (χ2n) is 4.66. The lowest BCUT2D eigenvalue weighted by Crippen LogP contribution is -2.11. The highest BCUT2D eigenvalue weighted by atomic mass is 16.5. The first-order valence-corrected chi connectivity index (χ1v) is 4.32. The molecule has 64 valence electrons. The fourth-order valence-corrected chi connectivity index (χ4v) is 2.34. The molecule has 1 saturated heterocycles. The van der Waals surface area contributed by atoms with E-state index in [1.54, 1.807) is 0 Å². The maximum atomic E-state index is 8.87. The molecule has 2 fully saturated rings. The first kappa shape index (κ1) is 7.56. The average molecular weight is 156 g/mol. The van der Waals surface area contributed by atoms with Gasteiger partial charge in [0.1, 0.15) is 0 Å². The van der Waals surface area contributed by atoms with E-state index in [2.05, 4.69) is 13.8 Å². The summed E-state index contributed by atoms with van der Waals surface area (Å²) in [6, 6.07) is 0. The molecule has 11 heavy (non-hydrogen) atoms. The van der Waals surface area contributed by atoms with E-state index < -0.39 is 0 Å². The first-order valence-electron chi connectivity index (χ1n) is 4.32. The van der Waals surface area contributed by atoms with Crippen molar-refractivity contribution in [3.05, 3.63) is 0 Å². The van der Waals surface area contributed by atoms with E-state index in [9.17, 15) is 0 Å².